The van der Waals surface area contributed by atoms with E-state index in [-0.39, 0.29) is 18.9 Å². The zero-order chi connectivity index (χ0) is 19.4. The number of benzene rings is 2. The van der Waals surface area contributed by atoms with Gasteiger partial charge in [-0.15, -0.1) is 0 Å². The number of halogens is 2. The molecule has 5 nitrogen and oxygen atoms in total. The van der Waals surface area contributed by atoms with Crippen molar-refractivity contribution in [3.63, 3.8) is 0 Å². The lowest BCUT2D eigenvalue weighted by Gasteiger charge is -2.22. The molecule has 140 valence electrons. The Hall–Kier alpha value is -2.86. The van der Waals surface area contributed by atoms with E-state index in [1.54, 1.807) is 24.3 Å². The lowest BCUT2D eigenvalue weighted by Crippen LogP contribution is -2.33. The first kappa shape index (κ1) is 18.9. The Morgan fingerprint density at radius 1 is 1.26 bits per heavy atom. The largest absolute Gasteiger partial charge is 0.488 e. The lowest BCUT2D eigenvalue weighted by atomic mass is 10.0. The van der Waals surface area contributed by atoms with Crippen LogP contribution < -0.4 is 10.1 Å². The van der Waals surface area contributed by atoms with Crippen LogP contribution in [0.3, 0.4) is 0 Å². The molecular formula is C20H17ClFNO4. The minimum absolute atomic E-state index is 0.0789. The first-order valence-corrected chi connectivity index (χ1v) is 8.60. The Morgan fingerprint density at radius 2 is 2.00 bits per heavy atom. The maximum atomic E-state index is 13.2. The molecule has 0 radical (unpaired) electrons. The van der Waals surface area contributed by atoms with Gasteiger partial charge in [0.2, 0.25) is 0 Å². The molecule has 1 aliphatic heterocycles. The molecule has 2 aromatic rings. The summed E-state index contributed by atoms with van der Waals surface area (Å²) in [6.45, 7) is 0.0921. The molecule has 1 atom stereocenters. The normalized spacial score (nSPS) is 13.7. The number of ether oxygens (including phenoxy) is 2. The quantitative estimate of drug-likeness (QED) is 0.792. The highest BCUT2D eigenvalue weighted by Gasteiger charge is 2.23. The standard InChI is InChI=1S/C20H17ClFNO4/c1-26-19(24)10-17(12-2-5-16(22)6-3-12)23-20(25)14-8-13-9-15(21)4-7-18(13)27-11-14/h2-9,17H,10-11H2,1H3,(H,23,25). The Morgan fingerprint density at radius 3 is 2.70 bits per heavy atom. The molecule has 0 bridgehead atoms. The van der Waals surface area contributed by atoms with Crippen LogP contribution in [-0.2, 0) is 14.3 Å². The molecule has 0 aliphatic carbocycles. The van der Waals surface area contributed by atoms with E-state index in [1.165, 1.54) is 31.4 Å². The van der Waals surface area contributed by atoms with Crippen LogP contribution in [0, 0.1) is 5.82 Å². The smallest absolute Gasteiger partial charge is 0.307 e. The predicted octanol–water partition coefficient (Wildman–Crippen LogP) is 3.68. The molecule has 3 rings (SSSR count). The summed E-state index contributed by atoms with van der Waals surface area (Å²) in [7, 11) is 1.27. The average molecular weight is 390 g/mol. The second-order valence-electron chi connectivity index (χ2n) is 6.00. The van der Waals surface area contributed by atoms with Crippen molar-refractivity contribution >= 4 is 29.6 Å². The van der Waals surface area contributed by atoms with Crippen molar-refractivity contribution in [3.8, 4) is 5.75 Å². The van der Waals surface area contributed by atoms with Gasteiger partial charge >= 0.3 is 5.97 Å². The van der Waals surface area contributed by atoms with Crippen LogP contribution in [0.5, 0.6) is 5.75 Å². The molecule has 0 spiro atoms. The number of hydrogen-bond acceptors (Lipinski definition) is 4. The van der Waals surface area contributed by atoms with Gasteiger partial charge in [0.1, 0.15) is 18.2 Å². The van der Waals surface area contributed by atoms with E-state index >= 15 is 0 Å². The van der Waals surface area contributed by atoms with Crippen molar-refractivity contribution in [2.75, 3.05) is 13.7 Å². The van der Waals surface area contributed by atoms with Crippen LogP contribution in [-0.4, -0.2) is 25.6 Å². The first-order valence-electron chi connectivity index (χ1n) is 8.22. The van der Waals surface area contributed by atoms with Crippen molar-refractivity contribution in [2.24, 2.45) is 0 Å². The molecule has 0 saturated carbocycles. The van der Waals surface area contributed by atoms with E-state index in [9.17, 15) is 14.0 Å². The molecule has 1 amide bonds. The van der Waals surface area contributed by atoms with Crippen molar-refractivity contribution in [1.82, 2.24) is 5.32 Å². The molecule has 0 saturated heterocycles. The van der Waals surface area contributed by atoms with Gasteiger partial charge in [-0.1, -0.05) is 23.7 Å². The van der Waals surface area contributed by atoms with Crippen LogP contribution in [0.1, 0.15) is 23.6 Å². The molecule has 7 heteroatoms. The zero-order valence-corrected chi connectivity index (χ0v) is 15.3. The van der Waals surface area contributed by atoms with E-state index in [2.05, 4.69) is 5.32 Å². The van der Waals surface area contributed by atoms with E-state index in [1.807, 2.05) is 0 Å². The average Bonchev–Trinajstić information content (AvgIpc) is 2.67. The number of amides is 1. The number of hydrogen-bond donors (Lipinski definition) is 1. The Labute approximate surface area is 160 Å². The molecule has 0 fully saturated rings. The van der Waals surface area contributed by atoms with Crippen LogP contribution in [0.25, 0.3) is 6.08 Å². The van der Waals surface area contributed by atoms with Gasteiger partial charge in [0.25, 0.3) is 5.91 Å². The molecule has 1 unspecified atom stereocenters. The summed E-state index contributed by atoms with van der Waals surface area (Å²) in [5, 5.41) is 3.32. The van der Waals surface area contributed by atoms with Gasteiger partial charge in [0.15, 0.2) is 0 Å². The predicted molar refractivity (Wildman–Crippen MR) is 98.8 cm³/mol. The second-order valence-corrected chi connectivity index (χ2v) is 6.43. The Bertz CT molecular complexity index is 895. The molecule has 2 aromatic carbocycles. The summed E-state index contributed by atoms with van der Waals surface area (Å²) in [5.74, 6) is -0.645. The van der Waals surface area contributed by atoms with Crippen molar-refractivity contribution in [3.05, 3.63) is 70.0 Å². The molecule has 27 heavy (non-hydrogen) atoms. The number of carbonyl (C=O) groups excluding carboxylic acids is 2. The van der Waals surface area contributed by atoms with Gasteiger partial charge in [-0.2, -0.15) is 0 Å². The summed E-state index contributed by atoms with van der Waals surface area (Å²) in [4.78, 5) is 24.4. The number of rotatable bonds is 5. The van der Waals surface area contributed by atoms with Gasteiger partial charge in [-0.25, -0.2) is 4.39 Å². The summed E-state index contributed by atoms with van der Waals surface area (Å²) in [5.41, 5.74) is 1.68. The third-order valence-corrected chi connectivity index (χ3v) is 4.39. The maximum Gasteiger partial charge on any atom is 0.307 e. The van der Waals surface area contributed by atoms with Gasteiger partial charge in [-0.3, -0.25) is 9.59 Å². The third-order valence-electron chi connectivity index (χ3n) is 4.15. The van der Waals surface area contributed by atoms with Crippen molar-refractivity contribution in [1.29, 1.82) is 0 Å². The Balaban J connectivity index is 1.81. The zero-order valence-electron chi connectivity index (χ0n) is 14.5. The number of methoxy groups -OCH3 is 1. The van der Waals surface area contributed by atoms with E-state index in [0.717, 1.165) is 0 Å². The van der Waals surface area contributed by atoms with Crippen LogP contribution in [0.4, 0.5) is 4.39 Å². The number of esters is 1. The fourth-order valence-electron chi connectivity index (χ4n) is 2.73. The monoisotopic (exact) mass is 389 g/mol. The van der Waals surface area contributed by atoms with Gasteiger partial charge < -0.3 is 14.8 Å². The number of fused-ring (bicyclic) bond motifs is 1. The molecule has 1 aliphatic rings. The maximum absolute atomic E-state index is 13.2. The summed E-state index contributed by atoms with van der Waals surface area (Å²) in [6.07, 6.45) is 1.62. The Kier molecular flexibility index (Phi) is 5.76. The van der Waals surface area contributed by atoms with Crippen LogP contribution in [0.2, 0.25) is 5.02 Å². The second kappa shape index (κ2) is 8.22. The first-order chi connectivity index (χ1) is 13.0. The van der Waals surface area contributed by atoms with E-state index in [0.29, 0.717) is 27.5 Å². The molecular weight excluding hydrogens is 373 g/mol. The SMILES string of the molecule is COC(=O)CC(NC(=O)C1=Cc2cc(Cl)ccc2OC1)c1ccc(F)cc1. The minimum atomic E-state index is -0.660. The number of nitrogens with one attached hydrogen (secondary N) is 1. The lowest BCUT2D eigenvalue weighted by molar-refractivity contribution is -0.141. The molecule has 0 aromatic heterocycles. The van der Waals surface area contributed by atoms with Crippen LogP contribution in [0.15, 0.2) is 48.0 Å². The number of carbonyl (C=O) groups is 2. The fourth-order valence-corrected chi connectivity index (χ4v) is 2.91. The van der Waals surface area contributed by atoms with E-state index in [4.69, 9.17) is 21.1 Å². The highest BCUT2D eigenvalue weighted by atomic mass is 35.5. The van der Waals surface area contributed by atoms with Crippen LogP contribution >= 0.6 is 11.6 Å². The fraction of sp³-hybridized carbons (Fsp3) is 0.200. The highest BCUT2D eigenvalue weighted by molar-refractivity contribution is 6.30. The van der Waals surface area contributed by atoms with Gasteiger partial charge in [0.05, 0.1) is 25.1 Å². The van der Waals surface area contributed by atoms with Gasteiger partial charge in [-0.05, 0) is 42.0 Å². The summed E-state index contributed by atoms with van der Waals surface area (Å²) in [6, 6.07) is 10.1. The highest BCUT2D eigenvalue weighted by Crippen LogP contribution is 2.29. The molecule has 1 N–H and O–H groups in total. The van der Waals surface area contributed by atoms with E-state index < -0.39 is 17.8 Å². The van der Waals surface area contributed by atoms with Gasteiger partial charge in [0, 0.05) is 10.6 Å². The van der Waals surface area contributed by atoms with Crippen molar-refractivity contribution in [2.45, 2.75) is 12.5 Å². The summed E-state index contributed by atoms with van der Waals surface area (Å²) < 4.78 is 23.5. The summed E-state index contributed by atoms with van der Waals surface area (Å²) >= 11 is 5.99. The topological polar surface area (TPSA) is 64.6 Å². The minimum Gasteiger partial charge on any atom is -0.488 e. The molecule has 1 heterocycles. The third kappa shape index (κ3) is 4.65. The van der Waals surface area contributed by atoms with Crippen molar-refractivity contribution < 1.29 is 23.5 Å².